The summed E-state index contributed by atoms with van der Waals surface area (Å²) in [7, 11) is -5.18. The van der Waals surface area contributed by atoms with Crippen LogP contribution in [-0.4, -0.2) is 43.6 Å². The van der Waals surface area contributed by atoms with Crippen LogP contribution in [0, 0.1) is 0 Å². The summed E-state index contributed by atoms with van der Waals surface area (Å²) < 4.78 is 77.6. The Kier molecular flexibility index (Phi) is 9.56. The molecular weight excluding hydrogens is 592 g/mol. The summed E-state index contributed by atoms with van der Waals surface area (Å²) in [4.78, 5) is 0. The number of hydrogen-bond acceptors (Lipinski definition) is 9. The van der Waals surface area contributed by atoms with E-state index in [2.05, 4.69) is 13.8 Å². The molecule has 0 unspecified atom stereocenters. The van der Waals surface area contributed by atoms with E-state index in [9.17, 15) is 16.8 Å². The van der Waals surface area contributed by atoms with Crippen LogP contribution in [0.1, 0.15) is 30.9 Å². The molecule has 11 heteroatoms. The third kappa shape index (κ3) is 7.99. The van der Waals surface area contributed by atoms with Crippen LogP contribution in [0.2, 0.25) is 0 Å². The average Bonchev–Trinajstić information content (AvgIpc) is 2.95. The molecule has 228 valence electrons. The van der Waals surface area contributed by atoms with Crippen molar-refractivity contribution in [3.8, 4) is 51.0 Å². The smallest absolute Gasteiger partial charge is 0.306 e. The minimum atomic E-state index is -4.06. The van der Waals surface area contributed by atoms with Crippen LogP contribution >= 0.6 is 0 Å². The van der Waals surface area contributed by atoms with Crippen LogP contribution in [-0.2, 0) is 26.8 Å². The lowest BCUT2D eigenvalue weighted by molar-refractivity contribution is 0.296. The van der Waals surface area contributed by atoms with Crippen molar-refractivity contribution in [2.75, 3.05) is 26.7 Å². The first-order valence-electron chi connectivity index (χ1n) is 13.3. The van der Waals surface area contributed by atoms with Crippen molar-refractivity contribution < 1.29 is 39.4 Å². The first-order valence-corrected chi connectivity index (χ1v) is 16.9. The molecule has 0 saturated heterocycles. The Labute approximate surface area is 253 Å². The molecule has 0 fully saturated rings. The van der Waals surface area contributed by atoms with Gasteiger partial charge in [0.2, 0.25) is 0 Å². The number of rotatable bonds is 12. The zero-order chi connectivity index (χ0) is 31.4. The normalized spacial score (nSPS) is 11.7. The topological polar surface area (TPSA) is 114 Å². The highest BCUT2D eigenvalue weighted by Gasteiger charge is 2.27. The number of hydrogen-bond donors (Lipinski definition) is 0. The van der Waals surface area contributed by atoms with Gasteiger partial charge in [-0.25, -0.2) is 0 Å². The summed E-state index contributed by atoms with van der Waals surface area (Å²) >= 11 is 0. The predicted molar refractivity (Wildman–Crippen MR) is 166 cm³/mol. The van der Waals surface area contributed by atoms with E-state index in [1.54, 1.807) is 12.1 Å². The van der Waals surface area contributed by atoms with E-state index in [0.717, 1.165) is 29.2 Å². The SMILES string of the molecule is COc1cc(-c2ccc(C(C)C)cc2)c(OC)c(OS(C)(=O)=O)c1-c1ccc(OCc2ccccc2)c(OS(C)(=O)=O)c1. The summed E-state index contributed by atoms with van der Waals surface area (Å²) in [5.41, 5.74) is 3.82. The Balaban J connectivity index is 1.92. The second kappa shape index (κ2) is 13.0. The van der Waals surface area contributed by atoms with E-state index in [-0.39, 0.29) is 40.9 Å². The predicted octanol–water partition coefficient (Wildman–Crippen LogP) is 6.42. The van der Waals surface area contributed by atoms with E-state index < -0.39 is 20.2 Å². The summed E-state index contributed by atoms with van der Waals surface area (Å²) in [5.74, 6) is 0.654. The van der Waals surface area contributed by atoms with Crippen molar-refractivity contribution in [1.29, 1.82) is 0 Å². The molecule has 0 aliphatic heterocycles. The highest BCUT2D eigenvalue weighted by Crippen LogP contribution is 2.51. The quantitative estimate of drug-likeness (QED) is 0.164. The van der Waals surface area contributed by atoms with Gasteiger partial charge in [-0.15, -0.1) is 0 Å². The minimum absolute atomic E-state index is 0.101. The summed E-state index contributed by atoms with van der Waals surface area (Å²) in [6.45, 7) is 4.33. The van der Waals surface area contributed by atoms with Crippen LogP contribution in [0.4, 0.5) is 0 Å². The minimum Gasteiger partial charge on any atom is -0.496 e. The van der Waals surface area contributed by atoms with Crippen molar-refractivity contribution in [1.82, 2.24) is 0 Å². The summed E-state index contributed by atoms with van der Waals surface area (Å²) in [5, 5.41) is 0. The van der Waals surface area contributed by atoms with Gasteiger partial charge in [0.05, 0.1) is 32.3 Å². The van der Waals surface area contributed by atoms with Gasteiger partial charge in [-0.3, -0.25) is 0 Å². The zero-order valence-electron chi connectivity index (χ0n) is 24.8. The van der Waals surface area contributed by atoms with Gasteiger partial charge in [-0.1, -0.05) is 74.5 Å². The molecule has 0 aliphatic carbocycles. The molecule has 0 radical (unpaired) electrons. The van der Waals surface area contributed by atoms with Gasteiger partial charge in [0, 0.05) is 5.56 Å². The first-order chi connectivity index (χ1) is 20.3. The van der Waals surface area contributed by atoms with Gasteiger partial charge in [-0.05, 0) is 46.4 Å². The highest BCUT2D eigenvalue weighted by atomic mass is 32.2. The Morgan fingerprint density at radius 2 is 1.28 bits per heavy atom. The van der Waals surface area contributed by atoms with Crippen LogP contribution < -0.4 is 22.6 Å². The molecular formula is C32H34O9S2. The van der Waals surface area contributed by atoms with Crippen LogP contribution in [0.3, 0.4) is 0 Å². The zero-order valence-corrected chi connectivity index (χ0v) is 26.4. The second-order valence-electron chi connectivity index (χ2n) is 10.2. The largest absolute Gasteiger partial charge is 0.496 e. The van der Waals surface area contributed by atoms with Gasteiger partial charge in [0.25, 0.3) is 0 Å². The van der Waals surface area contributed by atoms with Crippen molar-refractivity contribution in [3.63, 3.8) is 0 Å². The number of ether oxygens (including phenoxy) is 3. The summed E-state index contributed by atoms with van der Waals surface area (Å²) in [6.07, 6.45) is 1.84. The molecule has 4 aromatic carbocycles. The number of methoxy groups -OCH3 is 2. The lowest BCUT2D eigenvalue weighted by Gasteiger charge is -2.21. The molecule has 9 nitrogen and oxygen atoms in total. The third-order valence-electron chi connectivity index (χ3n) is 6.46. The molecule has 0 spiro atoms. The van der Waals surface area contributed by atoms with Crippen LogP contribution in [0.25, 0.3) is 22.3 Å². The fourth-order valence-corrected chi connectivity index (χ4v) is 5.41. The molecule has 4 aromatic rings. The molecule has 0 saturated carbocycles. The van der Waals surface area contributed by atoms with E-state index in [0.29, 0.717) is 17.0 Å². The van der Waals surface area contributed by atoms with Crippen LogP contribution in [0.5, 0.6) is 28.7 Å². The number of benzene rings is 4. The Morgan fingerprint density at radius 3 is 1.84 bits per heavy atom. The monoisotopic (exact) mass is 626 g/mol. The summed E-state index contributed by atoms with van der Waals surface area (Å²) in [6, 6.07) is 23.4. The molecule has 0 aliphatic rings. The van der Waals surface area contributed by atoms with E-state index in [1.165, 1.54) is 26.4 Å². The van der Waals surface area contributed by atoms with Crippen molar-refractivity contribution in [2.45, 2.75) is 26.4 Å². The second-order valence-corrected chi connectivity index (χ2v) is 13.3. The van der Waals surface area contributed by atoms with E-state index in [1.807, 2.05) is 54.6 Å². The Bertz CT molecular complexity index is 1800. The van der Waals surface area contributed by atoms with Crippen molar-refractivity contribution >= 4 is 20.2 Å². The Hall–Kier alpha value is -4.22. The average molecular weight is 627 g/mol. The van der Waals surface area contributed by atoms with Crippen molar-refractivity contribution in [3.05, 3.63) is 90.0 Å². The standard InChI is InChI=1S/C32H34O9S2/c1-21(2)23-12-14-24(15-13-23)26-19-29(37-3)30(32(31(26)38-4)41-43(6,35)36)25-16-17-27(28(18-25)40-42(5,33)34)39-20-22-10-8-7-9-11-22/h7-19,21H,20H2,1-6H3. The van der Waals surface area contributed by atoms with E-state index in [4.69, 9.17) is 22.6 Å². The molecule has 4 rings (SSSR count). The molecule has 0 amide bonds. The maximum absolute atomic E-state index is 12.5. The molecule has 0 aromatic heterocycles. The fraction of sp³-hybridized carbons (Fsp3) is 0.250. The van der Waals surface area contributed by atoms with Gasteiger partial charge in [-0.2, -0.15) is 16.8 Å². The molecule has 0 heterocycles. The Morgan fingerprint density at radius 1 is 0.651 bits per heavy atom. The van der Waals surface area contributed by atoms with Gasteiger partial charge in [0.15, 0.2) is 23.0 Å². The third-order valence-corrected chi connectivity index (χ3v) is 7.41. The van der Waals surface area contributed by atoms with Gasteiger partial charge < -0.3 is 22.6 Å². The van der Waals surface area contributed by atoms with Gasteiger partial charge in [0.1, 0.15) is 12.4 Å². The molecule has 0 bridgehead atoms. The van der Waals surface area contributed by atoms with Gasteiger partial charge >= 0.3 is 20.2 Å². The highest BCUT2D eigenvalue weighted by molar-refractivity contribution is 7.86. The maximum atomic E-state index is 12.5. The van der Waals surface area contributed by atoms with E-state index >= 15 is 0 Å². The fourth-order valence-electron chi connectivity index (χ4n) is 4.49. The molecule has 0 N–H and O–H groups in total. The van der Waals surface area contributed by atoms with Crippen molar-refractivity contribution in [2.24, 2.45) is 0 Å². The molecule has 43 heavy (non-hydrogen) atoms. The lowest BCUT2D eigenvalue weighted by Crippen LogP contribution is -2.10. The molecule has 0 atom stereocenters. The maximum Gasteiger partial charge on any atom is 0.306 e. The van der Waals surface area contributed by atoms with Crippen LogP contribution in [0.15, 0.2) is 78.9 Å². The lowest BCUT2D eigenvalue weighted by atomic mass is 9.94. The first kappa shape index (κ1) is 31.7.